The van der Waals surface area contributed by atoms with Crippen LogP contribution < -0.4 is 4.74 Å². The van der Waals surface area contributed by atoms with Crippen molar-refractivity contribution < 1.29 is 13.2 Å². The first-order chi connectivity index (χ1) is 10.6. The molecule has 2 fully saturated rings. The third kappa shape index (κ3) is 3.58. The fourth-order valence-electron chi connectivity index (χ4n) is 2.80. The average Bonchev–Trinajstić information content (AvgIpc) is 3.05. The van der Waals surface area contributed by atoms with Gasteiger partial charge >= 0.3 is 6.01 Å². The number of aromatic nitrogens is 2. The Kier molecular flexibility index (Phi) is 4.96. The van der Waals surface area contributed by atoms with E-state index in [1.54, 1.807) is 16.7 Å². The Balaban J connectivity index is 1.65. The normalized spacial score (nSPS) is 24.5. The fraction of sp³-hybridized carbons (Fsp3) is 0.692. The number of nitrogens with zero attached hydrogens (tertiary/aromatic N) is 4. The zero-order chi connectivity index (χ0) is 15.6. The summed E-state index contributed by atoms with van der Waals surface area (Å²) in [5.41, 5.74) is 0. The van der Waals surface area contributed by atoms with Crippen LogP contribution in [0.2, 0.25) is 0 Å². The lowest BCUT2D eigenvalue weighted by Crippen LogP contribution is -2.49. The van der Waals surface area contributed by atoms with Crippen LogP contribution in [-0.4, -0.2) is 59.3 Å². The van der Waals surface area contributed by atoms with Crippen molar-refractivity contribution in [3.05, 3.63) is 16.9 Å². The van der Waals surface area contributed by atoms with Gasteiger partial charge in [0.1, 0.15) is 6.10 Å². The quantitative estimate of drug-likeness (QED) is 0.776. The molecule has 22 heavy (non-hydrogen) atoms. The molecule has 0 amide bonds. The first-order valence-electron chi connectivity index (χ1n) is 7.45. The van der Waals surface area contributed by atoms with Gasteiger partial charge in [0.25, 0.3) is 10.2 Å². The molecule has 3 rings (SSSR count). The van der Waals surface area contributed by atoms with Gasteiger partial charge in [-0.05, 0) is 41.6 Å². The Bertz CT molecular complexity index is 604. The highest BCUT2D eigenvalue weighted by Crippen LogP contribution is 2.22. The number of rotatable bonds is 4. The van der Waals surface area contributed by atoms with E-state index in [0.29, 0.717) is 26.2 Å². The van der Waals surface area contributed by atoms with E-state index >= 15 is 0 Å². The summed E-state index contributed by atoms with van der Waals surface area (Å²) < 4.78 is 34.8. The van der Waals surface area contributed by atoms with Crippen LogP contribution >= 0.6 is 15.9 Å². The Morgan fingerprint density at radius 3 is 2.41 bits per heavy atom. The topological polar surface area (TPSA) is 75.6 Å². The van der Waals surface area contributed by atoms with E-state index in [1.807, 2.05) is 0 Å². The van der Waals surface area contributed by atoms with Gasteiger partial charge in [0.2, 0.25) is 0 Å². The van der Waals surface area contributed by atoms with Crippen molar-refractivity contribution in [1.82, 2.24) is 18.6 Å². The van der Waals surface area contributed by atoms with Crippen LogP contribution in [0.25, 0.3) is 0 Å². The number of piperidine rings is 1. The second kappa shape index (κ2) is 6.77. The maximum atomic E-state index is 12.6. The van der Waals surface area contributed by atoms with Crippen LogP contribution in [0.5, 0.6) is 6.01 Å². The van der Waals surface area contributed by atoms with Gasteiger partial charge in [-0.3, -0.25) is 0 Å². The van der Waals surface area contributed by atoms with Crippen molar-refractivity contribution >= 4 is 26.1 Å². The molecule has 0 aromatic carbocycles. The van der Waals surface area contributed by atoms with Crippen molar-refractivity contribution in [2.45, 2.75) is 31.8 Å². The summed E-state index contributed by atoms with van der Waals surface area (Å²) in [7, 11) is -3.36. The Hall–Kier alpha value is -0.770. The van der Waals surface area contributed by atoms with Crippen molar-refractivity contribution in [2.24, 2.45) is 0 Å². The minimum absolute atomic E-state index is 0.202. The van der Waals surface area contributed by atoms with E-state index in [9.17, 15) is 8.42 Å². The van der Waals surface area contributed by atoms with Crippen LogP contribution in [0.3, 0.4) is 0 Å². The predicted octanol–water partition coefficient (Wildman–Crippen LogP) is 1.42. The summed E-state index contributed by atoms with van der Waals surface area (Å²) in [6.07, 6.45) is 6.51. The molecule has 122 valence electrons. The van der Waals surface area contributed by atoms with Crippen molar-refractivity contribution in [2.75, 3.05) is 26.2 Å². The molecule has 2 saturated heterocycles. The van der Waals surface area contributed by atoms with E-state index in [4.69, 9.17) is 4.74 Å². The summed E-state index contributed by atoms with van der Waals surface area (Å²) in [4.78, 5) is 8.16. The lowest BCUT2D eigenvalue weighted by molar-refractivity contribution is 0.116. The summed E-state index contributed by atoms with van der Waals surface area (Å²) >= 11 is 3.27. The van der Waals surface area contributed by atoms with Gasteiger partial charge in [-0.1, -0.05) is 0 Å². The van der Waals surface area contributed by atoms with Crippen LogP contribution in [0.1, 0.15) is 25.7 Å². The maximum absolute atomic E-state index is 12.6. The molecular formula is C13H19BrN4O3S. The van der Waals surface area contributed by atoms with Crippen molar-refractivity contribution in [3.8, 4) is 6.01 Å². The SMILES string of the molecule is O=S(=O)(N1CCCC1)N1CCC[C@H](Oc2ncc(Br)cn2)C1. The van der Waals surface area contributed by atoms with E-state index in [1.165, 1.54) is 4.31 Å². The zero-order valence-corrected chi connectivity index (χ0v) is 14.6. The first kappa shape index (κ1) is 16.1. The van der Waals surface area contributed by atoms with E-state index in [2.05, 4.69) is 25.9 Å². The molecule has 1 aromatic heterocycles. The van der Waals surface area contributed by atoms with E-state index in [0.717, 1.165) is 30.2 Å². The van der Waals surface area contributed by atoms with Gasteiger partial charge in [0.15, 0.2) is 0 Å². The lowest BCUT2D eigenvalue weighted by Gasteiger charge is -2.33. The number of hydrogen-bond donors (Lipinski definition) is 0. The van der Waals surface area contributed by atoms with Crippen LogP contribution in [-0.2, 0) is 10.2 Å². The van der Waals surface area contributed by atoms with Crippen LogP contribution in [0.15, 0.2) is 16.9 Å². The predicted molar refractivity (Wildman–Crippen MR) is 84.7 cm³/mol. The molecule has 1 aromatic rings. The molecule has 0 saturated carbocycles. The third-order valence-electron chi connectivity index (χ3n) is 3.93. The Morgan fingerprint density at radius 2 is 1.73 bits per heavy atom. The summed E-state index contributed by atoms with van der Waals surface area (Å²) in [5.74, 6) is 0. The van der Waals surface area contributed by atoms with Gasteiger partial charge in [-0.15, -0.1) is 0 Å². The molecule has 0 N–H and O–H groups in total. The van der Waals surface area contributed by atoms with Crippen molar-refractivity contribution in [3.63, 3.8) is 0 Å². The number of hydrogen-bond acceptors (Lipinski definition) is 5. The lowest BCUT2D eigenvalue weighted by atomic mass is 10.1. The molecule has 1 atom stereocenters. The van der Waals surface area contributed by atoms with Crippen LogP contribution in [0, 0.1) is 0 Å². The number of ether oxygens (including phenoxy) is 1. The highest BCUT2D eigenvalue weighted by atomic mass is 79.9. The van der Waals surface area contributed by atoms with Gasteiger partial charge in [0, 0.05) is 32.0 Å². The molecular weight excluding hydrogens is 372 g/mol. The zero-order valence-electron chi connectivity index (χ0n) is 12.2. The molecule has 0 unspecified atom stereocenters. The molecule has 3 heterocycles. The average molecular weight is 391 g/mol. The second-order valence-electron chi connectivity index (χ2n) is 5.54. The minimum Gasteiger partial charge on any atom is -0.459 e. The molecule has 0 radical (unpaired) electrons. The fourth-order valence-corrected chi connectivity index (χ4v) is 4.77. The summed E-state index contributed by atoms with van der Waals surface area (Å²) in [5, 5.41) is 0. The summed E-state index contributed by atoms with van der Waals surface area (Å²) in [6.45, 7) is 2.17. The largest absolute Gasteiger partial charge is 0.459 e. The molecule has 9 heteroatoms. The molecule has 0 bridgehead atoms. The monoisotopic (exact) mass is 390 g/mol. The Labute approximate surface area is 139 Å². The van der Waals surface area contributed by atoms with Crippen LogP contribution in [0.4, 0.5) is 0 Å². The first-order valence-corrected chi connectivity index (χ1v) is 9.64. The van der Waals surface area contributed by atoms with E-state index < -0.39 is 10.2 Å². The highest BCUT2D eigenvalue weighted by Gasteiger charge is 2.35. The molecule has 0 aliphatic carbocycles. The van der Waals surface area contributed by atoms with Gasteiger partial charge in [-0.25, -0.2) is 9.97 Å². The van der Waals surface area contributed by atoms with Gasteiger partial charge in [0.05, 0.1) is 11.0 Å². The number of halogens is 1. The third-order valence-corrected chi connectivity index (χ3v) is 6.34. The maximum Gasteiger partial charge on any atom is 0.316 e. The Morgan fingerprint density at radius 1 is 1.09 bits per heavy atom. The smallest absolute Gasteiger partial charge is 0.316 e. The van der Waals surface area contributed by atoms with Crippen molar-refractivity contribution in [1.29, 1.82) is 0 Å². The second-order valence-corrected chi connectivity index (χ2v) is 8.38. The standard InChI is InChI=1S/C13H19BrN4O3S/c14-11-8-15-13(16-9-11)21-12-4-3-7-18(10-12)22(19,20)17-5-1-2-6-17/h8-9,12H,1-7,10H2/t12-/m0/s1. The highest BCUT2D eigenvalue weighted by molar-refractivity contribution is 9.10. The molecule has 0 spiro atoms. The minimum atomic E-state index is -3.36. The van der Waals surface area contributed by atoms with E-state index in [-0.39, 0.29) is 12.1 Å². The van der Waals surface area contributed by atoms with Gasteiger partial charge < -0.3 is 4.74 Å². The molecule has 2 aliphatic heterocycles. The van der Waals surface area contributed by atoms with Gasteiger partial charge in [-0.2, -0.15) is 17.0 Å². The summed E-state index contributed by atoms with van der Waals surface area (Å²) in [6, 6.07) is 0.286. The molecule has 7 nitrogen and oxygen atoms in total. The molecule has 2 aliphatic rings.